The quantitative estimate of drug-likeness (QED) is 0.262. The van der Waals surface area contributed by atoms with Crippen LogP contribution in [0.4, 0.5) is 5.69 Å². The third-order valence-corrected chi connectivity index (χ3v) is 8.92. The molecule has 0 aliphatic carbocycles. The number of pyridine rings is 1. The number of benzene rings is 1. The monoisotopic (exact) mass is 594 g/mol. The van der Waals surface area contributed by atoms with Gasteiger partial charge in [-0.3, -0.25) is 14.7 Å². The Kier molecular flexibility index (Phi) is 8.12. The normalized spacial score (nSPS) is 18.3. The van der Waals surface area contributed by atoms with Crippen LogP contribution in [0, 0.1) is 5.41 Å². The molecule has 3 aromatic rings. The molecule has 4 heterocycles. The van der Waals surface area contributed by atoms with E-state index in [-0.39, 0.29) is 17.3 Å². The molecule has 2 aliphatic rings. The fourth-order valence-electron chi connectivity index (χ4n) is 6.55. The Balaban J connectivity index is 1.67. The van der Waals surface area contributed by atoms with Gasteiger partial charge in [0.25, 0.3) is 0 Å². The summed E-state index contributed by atoms with van der Waals surface area (Å²) in [6.45, 7) is 18.3. The molecular formula is C32H43BrN4O2. The number of nitrogens with zero attached hydrogens (tertiary/aromatic N) is 4. The predicted molar refractivity (Wildman–Crippen MR) is 164 cm³/mol. The molecule has 7 heteroatoms. The number of hydrogen-bond donors (Lipinski definition) is 0. The number of ether oxygens (including phenoxy) is 1. The average Bonchev–Trinajstić information content (AvgIpc) is 3.48. The van der Waals surface area contributed by atoms with Crippen LogP contribution < -0.4 is 4.90 Å². The molecule has 210 valence electrons. The van der Waals surface area contributed by atoms with Crippen LogP contribution in [0.15, 0.2) is 34.9 Å². The highest BCUT2D eigenvalue weighted by Crippen LogP contribution is 2.42. The number of rotatable bonds is 8. The largest absolute Gasteiger partial charge is 0.465 e. The average molecular weight is 596 g/mol. The standard InChI is InChI=1S/C32H43BrN4O2/c1-7-37-29-11-10-23(33)15-26(29)28(17-32(5,6)20-39-22(4)38)31(37)27-16-25(18-34-30(27)21(2)3)36-14-13-35-12-8-9-24(35)19-36/h10-11,15-16,18,21,24H,7-9,12-14,17,19-20H2,1-6H3/t24-/m1/s1. The van der Waals surface area contributed by atoms with Crippen LogP contribution in [0.3, 0.4) is 0 Å². The van der Waals surface area contributed by atoms with E-state index in [1.165, 1.54) is 59.7 Å². The third-order valence-electron chi connectivity index (χ3n) is 8.43. The maximum absolute atomic E-state index is 11.7. The number of anilines is 1. The van der Waals surface area contributed by atoms with Crippen LogP contribution in [0.2, 0.25) is 0 Å². The van der Waals surface area contributed by atoms with E-state index in [4.69, 9.17) is 9.72 Å². The lowest BCUT2D eigenvalue weighted by Gasteiger charge is -2.39. The van der Waals surface area contributed by atoms with Crippen molar-refractivity contribution in [2.75, 3.05) is 37.7 Å². The molecule has 5 rings (SSSR count). The molecule has 2 aromatic heterocycles. The lowest BCUT2D eigenvalue weighted by atomic mass is 9.84. The lowest BCUT2D eigenvalue weighted by molar-refractivity contribution is -0.143. The van der Waals surface area contributed by atoms with Gasteiger partial charge in [0, 0.05) is 65.5 Å². The molecule has 0 amide bonds. The fourth-order valence-corrected chi connectivity index (χ4v) is 6.91. The van der Waals surface area contributed by atoms with Crippen molar-refractivity contribution in [2.45, 2.75) is 79.3 Å². The Hall–Kier alpha value is -2.38. The van der Waals surface area contributed by atoms with Gasteiger partial charge in [-0.15, -0.1) is 0 Å². The molecule has 1 atom stereocenters. The maximum atomic E-state index is 11.7. The Morgan fingerprint density at radius 3 is 2.72 bits per heavy atom. The number of carbonyl (C=O) groups excluding carboxylic acids is 1. The van der Waals surface area contributed by atoms with Gasteiger partial charge in [0.1, 0.15) is 0 Å². The molecule has 39 heavy (non-hydrogen) atoms. The second kappa shape index (κ2) is 11.2. The van der Waals surface area contributed by atoms with Gasteiger partial charge in [-0.1, -0.05) is 43.6 Å². The zero-order valence-electron chi connectivity index (χ0n) is 24.4. The number of aryl methyl sites for hydroxylation is 1. The summed E-state index contributed by atoms with van der Waals surface area (Å²) >= 11 is 3.73. The maximum Gasteiger partial charge on any atom is 0.302 e. The Labute approximate surface area is 241 Å². The Bertz CT molecular complexity index is 1360. The second-order valence-electron chi connectivity index (χ2n) is 12.4. The smallest absolute Gasteiger partial charge is 0.302 e. The Morgan fingerprint density at radius 2 is 2.00 bits per heavy atom. The number of esters is 1. The van der Waals surface area contributed by atoms with Crippen molar-refractivity contribution in [3.05, 3.63) is 46.2 Å². The first-order valence-electron chi connectivity index (χ1n) is 14.5. The number of halogens is 1. The van der Waals surface area contributed by atoms with Gasteiger partial charge in [0.05, 0.1) is 29.9 Å². The summed E-state index contributed by atoms with van der Waals surface area (Å²) < 4.78 is 9.04. The van der Waals surface area contributed by atoms with E-state index in [0.717, 1.165) is 42.8 Å². The molecule has 2 saturated heterocycles. The van der Waals surface area contributed by atoms with Crippen LogP contribution >= 0.6 is 15.9 Å². The highest BCUT2D eigenvalue weighted by atomic mass is 79.9. The van der Waals surface area contributed by atoms with Crippen LogP contribution in [0.5, 0.6) is 0 Å². The van der Waals surface area contributed by atoms with Gasteiger partial charge in [0.2, 0.25) is 0 Å². The van der Waals surface area contributed by atoms with Crippen molar-refractivity contribution < 1.29 is 9.53 Å². The summed E-state index contributed by atoms with van der Waals surface area (Å²) in [5.74, 6) is 0.0566. The first-order valence-corrected chi connectivity index (χ1v) is 15.3. The molecule has 0 radical (unpaired) electrons. The van der Waals surface area contributed by atoms with Crippen molar-refractivity contribution >= 4 is 38.5 Å². The van der Waals surface area contributed by atoms with Crippen LogP contribution in [0.25, 0.3) is 22.2 Å². The van der Waals surface area contributed by atoms with E-state index >= 15 is 0 Å². The molecule has 2 aliphatic heterocycles. The van der Waals surface area contributed by atoms with Crippen molar-refractivity contribution in [1.29, 1.82) is 0 Å². The van der Waals surface area contributed by atoms with Gasteiger partial charge in [-0.05, 0) is 68.5 Å². The van der Waals surface area contributed by atoms with Gasteiger partial charge in [-0.2, -0.15) is 0 Å². The van der Waals surface area contributed by atoms with E-state index in [1.54, 1.807) is 0 Å². The van der Waals surface area contributed by atoms with E-state index in [1.807, 2.05) is 0 Å². The highest BCUT2D eigenvalue weighted by Gasteiger charge is 2.32. The van der Waals surface area contributed by atoms with Crippen LogP contribution in [-0.4, -0.2) is 59.2 Å². The van der Waals surface area contributed by atoms with Crippen LogP contribution in [0.1, 0.15) is 71.6 Å². The number of carbonyl (C=O) groups is 1. The van der Waals surface area contributed by atoms with Gasteiger partial charge in [-0.25, -0.2) is 0 Å². The van der Waals surface area contributed by atoms with Crippen molar-refractivity contribution in [1.82, 2.24) is 14.5 Å². The number of fused-ring (bicyclic) bond motifs is 2. The summed E-state index contributed by atoms with van der Waals surface area (Å²) in [6.07, 6.45) is 5.50. The third kappa shape index (κ3) is 5.76. The molecule has 6 nitrogen and oxygen atoms in total. The summed E-state index contributed by atoms with van der Waals surface area (Å²) in [5, 5.41) is 1.25. The summed E-state index contributed by atoms with van der Waals surface area (Å²) in [5.41, 5.74) is 7.13. The van der Waals surface area contributed by atoms with E-state index in [0.29, 0.717) is 12.6 Å². The number of aromatic nitrogens is 2. The molecule has 0 bridgehead atoms. The molecule has 0 N–H and O–H groups in total. The minimum Gasteiger partial charge on any atom is -0.465 e. The number of hydrogen-bond acceptors (Lipinski definition) is 5. The highest BCUT2D eigenvalue weighted by molar-refractivity contribution is 9.10. The minimum absolute atomic E-state index is 0.225. The van der Waals surface area contributed by atoms with Gasteiger partial charge in [0.15, 0.2) is 0 Å². The summed E-state index contributed by atoms with van der Waals surface area (Å²) in [7, 11) is 0. The SMILES string of the molecule is CCn1c(-c2cc(N3CCN4CCC[C@@H]4C3)cnc2C(C)C)c(CC(C)(C)COC(C)=O)c2cc(Br)ccc21. The second-order valence-corrected chi connectivity index (χ2v) is 13.3. The van der Waals surface area contributed by atoms with E-state index in [9.17, 15) is 4.79 Å². The van der Waals surface area contributed by atoms with Gasteiger partial charge >= 0.3 is 5.97 Å². The zero-order chi connectivity index (χ0) is 27.9. The lowest BCUT2D eigenvalue weighted by Crippen LogP contribution is -2.50. The van der Waals surface area contributed by atoms with Crippen LogP contribution in [-0.2, 0) is 22.5 Å². The topological polar surface area (TPSA) is 50.6 Å². The fraction of sp³-hybridized carbons (Fsp3) is 0.562. The predicted octanol–water partition coefficient (Wildman–Crippen LogP) is 7.03. The molecule has 0 saturated carbocycles. The zero-order valence-corrected chi connectivity index (χ0v) is 26.0. The molecular weight excluding hydrogens is 552 g/mol. The Morgan fingerprint density at radius 1 is 1.21 bits per heavy atom. The van der Waals surface area contributed by atoms with Gasteiger partial charge < -0.3 is 14.2 Å². The summed E-state index contributed by atoms with van der Waals surface area (Å²) in [6, 6.07) is 9.66. The summed E-state index contributed by atoms with van der Waals surface area (Å²) in [4.78, 5) is 22.0. The molecule has 1 aromatic carbocycles. The number of piperazine rings is 1. The molecule has 0 unspecified atom stereocenters. The van der Waals surface area contributed by atoms with Crippen molar-refractivity contribution in [3.63, 3.8) is 0 Å². The van der Waals surface area contributed by atoms with Crippen molar-refractivity contribution in [3.8, 4) is 11.3 Å². The van der Waals surface area contributed by atoms with E-state index in [2.05, 4.69) is 95.4 Å². The molecule has 0 spiro atoms. The van der Waals surface area contributed by atoms with E-state index < -0.39 is 0 Å². The van der Waals surface area contributed by atoms with Crippen molar-refractivity contribution in [2.24, 2.45) is 5.41 Å². The minimum atomic E-state index is -0.233. The molecule has 2 fully saturated rings. The first-order chi connectivity index (χ1) is 18.6. The first kappa shape index (κ1) is 28.2.